The van der Waals surface area contributed by atoms with E-state index in [1.54, 1.807) is 0 Å². The van der Waals surface area contributed by atoms with Crippen molar-refractivity contribution in [3.05, 3.63) is 0 Å². The minimum Gasteiger partial charge on any atom is -0.389 e. The first-order valence-corrected chi connectivity index (χ1v) is 9.83. The number of likely N-dealkylation sites (N-methyl/N-ethyl adjacent to an activating group) is 1. The molecule has 3 heteroatoms. The Labute approximate surface area is 142 Å². The van der Waals surface area contributed by atoms with Crippen molar-refractivity contribution in [3.8, 4) is 0 Å². The fraction of sp³-hybridized carbons (Fsp3) is 1.00. The summed E-state index contributed by atoms with van der Waals surface area (Å²) in [6, 6.07) is 0.662. The predicted octanol–water partition coefficient (Wildman–Crippen LogP) is 3.84. The molecule has 134 valence electrons. The van der Waals surface area contributed by atoms with Crippen LogP contribution >= 0.6 is 0 Å². The van der Waals surface area contributed by atoms with E-state index >= 15 is 0 Å². The molecule has 4 atom stereocenters. The highest BCUT2D eigenvalue weighted by atomic mass is 16.5. The fourth-order valence-corrected chi connectivity index (χ4v) is 5.94. The molecule has 0 spiro atoms. The van der Waals surface area contributed by atoms with E-state index in [0.29, 0.717) is 24.2 Å². The molecule has 0 heterocycles. The lowest BCUT2D eigenvalue weighted by atomic mass is 9.70. The van der Waals surface area contributed by atoms with Gasteiger partial charge in [-0.2, -0.15) is 0 Å². The maximum Gasteiger partial charge on any atom is 0.0900 e. The molecular weight excluding hydrogens is 286 g/mol. The van der Waals surface area contributed by atoms with Gasteiger partial charge in [-0.3, -0.25) is 0 Å². The zero-order valence-corrected chi connectivity index (χ0v) is 15.7. The largest absolute Gasteiger partial charge is 0.389 e. The molecular formula is C20H37NO2. The summed E-state index contributed by atoms with van der Waals surface area (Å²) in [4.78, 5) is 2.36. The van der Waals surface area contributed by atoms with Gasteiger partial charge in [-0.05, 0) is 55.9 Å². The van der Waals surface area contributed by atoms with Gasteiger partial charge in [0.2, 0.25) is 0 Å². The average molecular weight is 324 g/mol. The maximum absolute atomic E-state index is 10.5. The summed E-state index contributed by atoms with van der Waals surface area (Å²) in [6.07, 6.45) is 10.6. The number of hydrogen-bond acceptors (Lipinski definition) is 3. The number of fused-ring (bicyclic) bond motifs is 2. The van der Waals surface area contributed by atoms with E-state index in [0.717, 1.165) is 12.5 Å². The second-order valence-electron chi connectivity index (χ2n) is 9.51. The SMILES string of the molecule is CN(C[C@@H](O)CO[C@H]1C(C)(C)[C@H]2CC[C@@]1(C)C2)C1CCCCC1. The molecule has 3 rings (SSSR count). The molecule has 23 heavy (non-hydrogen) atoms. The van der Waals surface area contributed by atoms with Gasteiger partial charge < -0.3 is 14.7 Å². The Bertz CT molecular complexity index is 400. The minimum atomic E-state index is -0.361. The third-order valence-electron chi connectivity index (χ3n) is 7.29. The summed E-state index contributed by atoms with van der Waals surface area (Å²) in [6.45, 7) is 8.37. The van der Waals surface area contributed by atoms with Crippen LogP contribution in [0.4, 0.5) is 0 Å². The highest BCUT2D eigenvalue weighted by Crippen LogP contribution is 2.63. The van der Waals surface area contributed by atoms with Crippen LogP contribution in [-0.4, -0.2) is 48.5 Å². The minimum absolute atomic E-state index is 0.266. The van der Waals surface area contributed by atoms with Crippen molar-refractivity contribution >= 4 is 0 Å². The number of ether oxygens (including phenoxy) is 1. The smallest absolute Gasteiger partial charge is 0.0900 e. The van der Waals surface area contributed by atoms with Gasteiger partial charge in [0.15, 0.2) is 0 Å². The van der Waals surface area contributed by atoms with Crippen LogP contribution in [0.1, 0.15) is 72.1 Å². The highest BCUT2D eigenvalue weighted by Gasteiger charge is 2.60. The van der Waals surface area contributed by atoms with Gasteiger partial charge in [0, 0.05) is 12.6 Å². The number of aliphatic hydroxyl groups is 1. The number of aliphatic hydroxyl groups excluding tert-OH is 1. The highest BCUT2D eigenvalue weighted by molar-refractivity contribution is 5.09. The van der Waals surface area contributed by atoms with Crippen molar-refractivity contribution in [3.63, 3.8) is 0 Å². The van der Waals surface area contributed by atoms with Crippen molar-refractivity contribution in [1.82, 2.24) is 4.90 Å². The van der Waals surface area contributed by atoms with Crippen molar-refractivity contribution < 1.29 is 9.84 Å². The lowest BCUT2D eigenvalue weighted by molar-refractivity contribution is -0.114. The summed E-state index contributed by atoms with van der Waals surface area (Å²) in [5.41, 5.74) is 0.602. The lowest BCUT2D eigenvalue weighted by Gasteiger charge is -2.43. The average Bonchev–Trinajstić information content (AvgIpc) is 2.98. The van der Waals surface area contributed by atoms with E-state index in [-0.39, 0.29) is 11.5 Å². The number of hydrogen-bond donors (Lipinski definition) is 1. The Morgan fingerprint density at radius 3 is 2.43 bits per heavy atom. The van der Waals surface area contributed by atoms with Gasteiger partial charge in [-0.15, -0.1) is 0 Å². The second-order valence-corrected chi connectivity index (χ2v) is 9.51. The molecule has 3 aliphatic rings. The zero-order chi connectivity index (χ0) is 16.7. The normalized spacial score (nSPS) is 38.3. The summed E-state index contributed by atoms with van der Waals surface area (Å²) in [5.74, 6) is 0.805. The lowest BCUT2D eigenvalue weighted by Crippen LogP contribution is -2.45. The molecule has 0 radical (unpaired) electrons. The molecule has 2 bridgehead atoms. The summed E-state index contributed by atoms with van der Waals surface area (Å²) in [7, 11) is 2.17. The van der Waals surface area contributed by atoms with Crippen LogP contribution in [0.15, 0.2) is 0 Å². The first kappa shape index (κ1) is 17.7. The Kier molecular flexibility index (Phi) is 5.11. The van der Waals surface area contributed by atoms with Crippen LogP contribution < -0.4 is 0 Å². The molecule has 0 aromatic heterocycles. The molecule has 3 saturated carbocycles. The van der Waals surface area contributed by atoms with Crippen LogP contribution in [0.2, 0.25) is 0 Å². The molecule has 1 N–H and O–H groups in total. The van der Waals surface area contributed by atoms with Gasteiger partial charge in [0.25, 0.3) is 0 Å². The predicted molar refractivity (Wildman–Crippen MR) is 94.5 cm³/mol. The van der Waals surface area contributed by atoms with Crippen LogP contribution in [0.3, 0.4) is 0 Å². The third-order valence-corrected chi connectivity index (χ3v) is 7.29. The second kappa shape index (κ2) is 6.65. The van der Waals surface area contributed by atoms with Crippen molar-refractivity contribution in [2.24, 2.45) is 16.7 Å². The number of nitrogens with zero attached hydrogens (tertiary/aromatic N) is 1. The molecule has 0 aliphatic heterocycles. The summed E-state index contributed by atoms with van der Waals surface area (Å²) < 4.78 is 6.33. The molecule has 3 nitrogen and oxygen atoms in total. The Morgan fingerprint density at radius 1 is 1.13 bits per heavy atom. The zero-order valence-electron chi connectivity index (χ0n) is 15.7. The van der Waals surface area contributed by atoms with E-state index < -0.39 is 0 Å². The molecule has 3 aliphatic carbocycles. The molecule has 0 aromatic carbocycles. The van der Waals surface area contributed by atoms with E-state index in [1.165, 1.54) is 51.4 Å². The van der Waals surface area contributed by atoms with E-state index in [9.17, 15) is 5.11 Å². The molecule has 0 unspecified atom stereocenters. The maximum atomic E-state index is 10.5. The molecule has 0 aromatic rings. The number of rotatable bonds is 6. The molecule has 0 amide bonds. The van der Waals surface area contributed by atoms with Gasteiger partial charge in [0.05, 0.1) is 18.8 Å². The molecule has 0 saturated heterocycles. The van der Waals surface area contributed by atoms with E-state index in [1.807, 2.05) is 0 Å². The van der Waals surface area contributed by atoms with Crippen LogP contribution in [0.25, 0.3) is 0 Å². The first-order valence-electron chi connectivity index (χ1n) is 9.83. The van der Waals surface area contributed by atoms with Crippen LogP contribution in [0.5, 0.6) is 0 Å². The Morgan fingerprint density at radius 2 is 1.83 bits per heavy atom. The van der Waals surface area contributed by atoms with Gasteiger partial charge in [0.1, 0.15) is 0 Å². The molecule has 3 fully saturated rings. The Balaban J connectivity index is 1.48. The van der Waals surface area contributed by atoms with Gasteiger partial charge in [-0.1, -0.05) is 40.0 Å². The third kappa shape index (κ3) is 3.48. The van der Waals surface area contributed by atoms with Crippen LogP contribution in [-0.2, 0) is 4.74 Å². The standard InChI is InChI=1S/C20H37NO2/c1-19(2)15-10-11-20(3,12-15)18(19)23-14-17(22)13-21(4)16-8-6-5-7-9-16/h15-18,22H,5-14H2,1-4H3/t15-,17+,18-,20-/m0/s1. The first-order chi connectivity index (χ1) is 10.8. The van der Waals surface area contributed by atoms with E-state index in [4.69, 9.17) is 4.74 Å². The monoisotopic (exact) mass is 323 g/mol. The van der Waals surface area contributed by atoms with Crippen molar-refractivity contribution in [1.29, 1.82) is 0 Å². The van der Waals surface area contributed by atoms with Crippen molar-refractivity contribution in [2.75, 3.05) is 20.2 Å². The summed E-state index contributed by atoms with van der Waals surface area (Å²) >= 11 is 0. The van der Waals surface area contributed by atoms with E-state index in [2.05, 4.69) is 32.7 Å². The van der Waals surface area contributed by atoms with Gasteiger partial charge >= 0.3 is 0 Å². The van der Waals surface area contributed by atoms with Crippen LogP contribution in [0, 0.1) is 16.7 Å². The topological polar surface area (TPSA) is 32.7 Å². The van der Waals surface area contributed by atoms with Crippen molar-refractivity contribution in [2.45, 2.75) is 90.4 Å². The fourth-order valence-electron chi connectivity index (χ4n) is 5.94. The summed E-state index contributed by atoms with van der Waals surface area (Å²) in [5, 5.41) is 10.5. The quantitative estimate of drug-likeness (QED) is 0.806. The Hall–Kier alpha value is -0.120. The van der Waals surface area contributed by atoms with Gasteiger partial charge in [-0.25, -0.2) is 0 Å².